The second-order valence-electron chi connectivity index (χ2n) is 5.71. The average Bonchev–Trinajstić information content (AvgIpc) is 2.92. The van der Waals surface area contributed by atoms with E-state index in [2.05, 4.69) is 75.5 Å². The molecule has 0 amide bonds. The maximum atomic E-state index is 2.28. The molecule has 0 spiro atoms. The summed E-state index contributed by atoms with van der Waals surface area (Å²) in [5.74, 6) is 0. The van der Waals surface area contributed by atoms with Crippen molar-refractivity contribution in [1.29, 1.82) is 0 Å². The van der Waals surface area contributed by atoms with Crippen molar-refractivity contribution < 1.29 is 0 Å². The molecule has 0 saturated heterocycles. The van der Waals surface area contributed by atoms with Crippen LogP contribution in [-0.4, -0.2) is 4.40 Å². The predicted molar refractivity (Wildman–Crippen MR) is 86.5 cm³/mol. The second-order valence-corrected chi connectivity index (χ2v) is 5.71. The van der Waals surface area contributed by atoms with Crippen molar-refractivity contribution in [2.45, 2.75) is 34.6 Å². The number of rotatable bonds is 1. The molecule has 102 valence electrons. The second kappa shape index (κ2) is 4.52. The maximum absolute atomic E-state index is 2.28. The van der Waals surface area contributed by atoms with Crippen LogP contribution in [0.15, 0.2) is 36.5 Å². The number of fused-ring (bicyclic) bond motifs is 1. The van der Waals surface area contributed by atoms with Gasteiger partial charge < -0.3 is 4.40 Å². The van der Waals surface area contributed by atoms with E-state index in [0.29, 0.717) is 0 Å². The van der Waals surface area contributed by atoms with Crippen LogP contribution in [-0.2, 0) is 0 Å². The fourth-order valence-electron chi connectivity index (χ4n) is 3.16. The Labute approximate surface area is 120 Å². The summed E-state index contributed by atoms with van der Waals surface area (Å²) in [6.07, 6.45) is 2.15. The first-order valence-corrected chi connectivity index (χ1v) is 7.15. The zero-order valence-corrected chi connectivity index (χ0v) is 12.9. The Hall–Kier alpha value is -2.02. The van der Waals surface area contributed by atoms with Crippen LogP contribution in [0, 0.1) is 34.6 Å². The van der Waals surface area contributed by atoms with E-state index in [0.717, 1.165) is 0 Å². The molecule has 0 aliphatic heterocycles. The molecule has 0 saturated carbocycles. The summed E-state index contributed by atoms with van der Waals surface area (Å²) < 4.78 is 2.28. The van der Waals surface area contributed by atoms with Crippen LogP contribution in [0.2, 0.25) is 0 Å². The molecule has 3 aromatic rings. The van der Waals surface area contributed by atoms with Gasteiger partial charge in [0.2, 0.25) is 0 Å². The number of benzene rings is 1. The van der Waals surface area contributed by atoms with E-state index < -0.39 is 0 Å². The number of aromatic nitrogens is 1. The Morgan fingerprint density at radius 2 is 1.20 bits per heavy atom. The molecule has 0 fully saturated rings. The first-order valence-electron chi connectivity index (χ1n) is 7.15. The Kier molecular flexibility index (Phi) is 2.93. The SMILES string of the molecule is Cc1c(C)c(C)c(-c2cccc3cccn23)c(C)c1C. The molecule has 1 nitrogen and oxygen atoms in total. The minimum absolute atomic E-state index is 1.25. The lowest BCUT2D eigenvalue weighted by molar-refractivity contribution is 1.14. The third-order valence-electron chi connectivity index (χ3n) is 4.82. The fraction of sp³-hybridized carbons (Fsp3) is 0.263. The van der Waals surface area contributed by atoms with E-state index in [1.165, 1.54) is 44.6 Å². The summed E-state index contributed by atoms with van der Waals surface area (Å²) in [7, 11) is 0. The lowest BCUT2D eigenvalue weighted by Gasteiger charge is -2.20. The summed E-state index contributed by atoms with van der Waals surface area (Å²) in [5, 5.41) is 0. The van der Waals surface area contributed by atoms with Gasteiger partial charge in [-0.15, -0.1) is 0 Å². The minimum Gasteiger partial charge on any atom is -0.317 e. The first kappa shape index (κ1) is 13.0. The molecule has 0 N–H and O–H groups in total. The van der Waals surface area contributed by atoms with Crippen LogP contribution >= 0.6 is 0 Å². The van der Waals surface area contributed by atoms with Crippen molar-refractivity contribution in [1.82, 2.24) is 4.40 Å². The van der Waals surface area contributed by atoms with Gasteiger partial charge >= 0.3 is 0 Å². The van der Waals surface area contributed by atoms with Gasteiger partial charge in [0, 0.05) is 17.3 Å². The highest BCUT2D eigenvalue weighted by molar-refractivity contribution is 5.74. The van der Waals surface area contributed by atoms with E-state index >= 15 is 0 Å². The van der Waals surface area contributed by atoms with Crippen LogP contribution in [0.4, 0.5) is 0 Å². The van der Waals surface area contributed by atoms with E-state index in [4.69, 9.17) is 0 Å². The fourth-order valence-corrected chi connectivity index (χ4v) is 3.16. The monoisotopic (exact) mass is 263 g/mol. The first-order chi connectivity index (χ1) is 9.52. The summed E-state index contributed by atoms with van der Waals surface area (Å²) >= 11 is 0. The lowest BCUT2D eigenvalue weighted by atomic mass is 9.88. The van der Waals surface area contributed by atoms with Crippen LogP contribution < -0.4 is 0 Å². The summed E-state index contributed by atoms with van der Waals surface area (Å²) in [6, 6.07) is 10.8. The zero-order chi connectivity index (χ0) is 14.4. The molecule has 0 aliphatic carbocycles. The standard InChI is InChI=1S/C19H21N/c1-12-13(2)15(4)19(16(5)14(12)3)18-10-6-8-17-9-7-11-20(17)18/h6-11H,1-5H3. The van der Waals surface area contributed by atoms with E-state index in [1.807, 2.05) is 0 Å². The molecule has 1 aromatic carbocycles. The third kappa shape index (κ3) is 1.70. The number of hydrogen-bond acceptors (Lipinski definition) is 0. The number of hydrogen-bond donors (Lipinski definition) is 0. The summed E-state index contributed by atoms with van der Waals surface area (Å²) in [4.78, 5) is 0. The van der Waals surface area contributed by atoms with Crippen molar-refractivity contribution >= 4 is 5.52 Å². The van der Waals surface area contributed by atoms with Gasteiger partial charge in [-0.1, -0.05) is 6.07 Å². The van der Waals surface area contributed by atoms with E-state index in [-0.39, 0.29) is 0 Å². The molecule has 0 bridgehead atoms. The minimum atomic E-state index is 1.25. The van der Waals surface area contributed by atoms with Gasteiger partial charge in [0.05, 0.1) is 5.69 Å². The molecule has 0 aliphatic rings. The van der Waals surface area contributed by atoms with Gasteiger partial charge in [0.15, 0.2) is 0 Å². The molecule has 1 heteroatoms. The highest BCUT2D eigenvalue weighted by Gasteiger charge is 2.15. The Morgan fingerprint density at radius 3 is 1.85 bits per heavy atom. The van der Waals surface area contributed by atoms with Gasteiger partial charge in [0.1, 0.15) is 0 Å². The van der Waals surface area contributed by atoms with Crippen LogP contribution in [0.5, 0.6) is 0 Å². The van der Waals surface area contributed by atoms with Crippen LogP contribution in [0.3, 0.4) is 0 Å². The van der Waals surface area contributed by atoms with Gasteiger partial charge in [-0.25, -0.2) is 0 Å². The zero-order valence-electron chi connectivity index (χ0n) is 12.9. The van der Waals surface area contributed by atoms with Crippen molar-refractivity contribution in [3.05, 3.63) is 64.3 Å². The topological polar surface area (TPSA) is 4.41 Å². The average molecular weight is 263 g/mol. The highest BCUT2D eigenvalue weighted by atomic mass is 14.9. The van der Waals surface area contributed by atoms with Crippen molar-refractivity contribution in [3.8, 4) is 11.3 Å². The van der Waals surface area contributed by atoms with Crippen LogP contribution in [0.25, 0.3) is 16.8 Å². The van der Waals surface area contributed by atoms with Gasteiger partial charge in [-0.05, 0) is 86.7 Å². The summed E-state index contributed by atoms with van der Waals surface area (Å²) in [6.45, 7) is 11.2. The van der Waals surface area contributed by atoms with E-state index in [9.17, 15) is 0 Å². The van der Waals surface area contributed by atoms with Crippen molar-refractivity contribution in [2.75, 3.05) is 0 Å². The Balaban J connectivity index is 2.44. The van der Waals surface area contributed by atoms with Crippen molar-refractivity contribution in [2.24, 2.45) is 0 Å². The Bertz CT molecular complexity index is 777. The molecular formula is C19H21N. The molecule has 20 heavy (non-hydrogen) atoms. The number of nitrogens with zero attached hydrogens (tertiary/aromatic N) is 1. The van der Waals surface area contributed by atoms with E-state index in [1.54, 1.807) is 0 Å². The normalized spacial score (nSPS) is 11.2. The molecular weight excluding hydrogens is 242 g/mol. The summed E-state index contributed by atoms with van der Waals surface area (Å²) in [5.41, 5.74) is 10.9. The molecule has 3 rings (SSSR count). The van der Waals surface area contributed by atoms with Crippen molar-refractivity contribution in [3.63, 3.8) is 0 Å². The van der Waals surface area contributed by atoms with Gasteiger partial charge in [-0.2, -0.15) is 0 Å². The van der Waals surface area contributed by atoms with Crippen LogP contribution in [0.1, 0.15) is 27.8 Å². The Morgan fingerprint density at radius 1 is 0.650 bits per heavy atom. The molecule has 0 atom stereocenters. The van der Waals surface area contributed by atoms with Gasteiger partial charge in [-0.3, -0.25) is 0 Å². The molecule has 0 radical (unpaired) electrons. The van der Waals surface area contributed by atoms with Gasteiger partial charge in [0.25, 0.3) is 0 Å². The third-order valence-corrected chi connectivity index (χ3v) is 4.82. The quantitative estimate of drug-likeness (QED) is 0.572. The lowest BCUT2D eigenvalue weighted by Crippen LogP contribution is -2.02. The largest absolute Gasteiger partial charge is 0.317 e. The highest BCUT2D eigenvalue weighted by Crippen LogP contribution is 2.34. The smallest absolute Gasteiger partial charge is 0.0533 e. The number of pyridine rings is 1. The maximum Gasteiger partial charge on any atom is 0.0533 e. The predicted octanol–water partition coefficient (Wildman–Crippen LogP) is 5.15. The molecule has 2 heterocycles. The molecule has 0 unspecified atom stereocenters. The molecule has 2 aromatic heterocycles.